The van der Waals surface area contributed by atoms with Crippen LogP contribution in [0.25, 0.3) is 0 Å². The Morgan fingerprint density at radius 2 is 1.74 bits per heavy atom. The maximum Gasteiger partial charge on any atom is 0.263 e. The Balaban J connectivity index is 1.67. The summed E-state index contributed by atoms with van der Waals surface area (Å²) >= 11 is 0. The number of sulfonamides is 1. The van der Waals surface area contributed by atoms with E-state index in [0.29, 0.717) is 12.1 Å². The van der Waals surface area contributed by atoms with E-state index in [2.05, 4.69) is 15.0 Å². The van der Waals surface area contributed by atoms with Gasteiger partial charge in [-0.2, -0.15) is 0 Å². The maximum atomic E-state index is 13.2. The van der Waals surface area contributed by atoms with Gasteiger partial charge in [0.05, 0.1) is 16.8 Å². The summed E-state index contributed by atoms with van der Waals surface area (Å²) in [6.45, 7) is 4.22. The Kier molecular flexibility index (Phi) is 5.41. The molecule has 0 amide bonds. The van der Waals surface area contributed by atoms with Crippen molar-refractivity contribution in [2.45, 2.75) is 25.3 Å². The number of rotatable bonds is 6. The van der Waals surface area contributed by atoms with Gasteiger partial charge in [-0.1, -0.05) is 29.8 Å². The third kappa shape index (κ3) is 4.83. The number of hydrogen-bond donors (Lipinski definition) is 2. The topological polar surface area (TPSA) is 71.1 Å². The second-order valence-corrected chi connectivity index (χ2v) is 7.94. The number of halogens is 1. The minimum atomic E-state index is -3.83. The lowest BCUT2D eigenvalue weighted by Gasteiger charge is -2.11. The van der Waals surface area contributed by atoms with Crippen LogP contribution in [0.15, 0.2) is 65.7 Å². The quantitative estimate of drug-likeness (QED) is 0.665. The SMILES string of the molecule is Cc1ccc(CNc2ccc(NS(=O)(=O)c3ccc(F)cc3C)nc2)cc1. The van der Waals surface area contributed by atoms with E-state index in [-0.39, 0.29) is 10.7 Å². The number of hydrogen-bond acceptors (Lipinski definition) is 4. The van der Waals surface area contributed by atoms with E-state index in [4.69, 9.17) is 0 Å². The Hall–Kier alpha value is -2.93. The number of aromatic nitrogens is 1. The Morgan fingerprint density at radius 3 is 2.37 bits per heavy atom. The summed E-state index contributed by atoms with van der Waals surface area (Å²) in [6.07, 6.45) is 1.56. The number of anilines is 2. The lowest BCUT2D eigenvalue weighted by molar-refractivity contribution is 0.598. The number of nitrogens with one attached hydrogen (secondary N) is 2. The van der Waals surface area contributed by atoms with Gasteiger partial charge in [0, 0.05) is 6.54 Å². The molecule has 7 heteroatoms. The molecular weight excluding hydrogens is 365 g/mol. The van der Waals surface area contributed by atoms with E-state index >= 15 is 0 Å². The van der Waals surface area contributed by atoms with Gasteiger partial charge >= 0.3 is 0 Å². The van der Waals surface area contributed by atoms with Crippen molar-refractivity contribution in [3.63, 3.8) is 0 Å². The van der Waals surface area contributed by atoms with Gasteiger partial charge in [-0.3, -0.25) is 4.72 Å². The molecule has 3 rings (SSSR count). The zero-order valence-corrected chi connectivity index (χ0v) is 15.8. The summed E-state index contributed by atoms with van der Waals surface area (Å²) in [7, 11) is -3.83. The number of benzene rings is 2. The first-order chi connectivity index (χ1) is 12.8. The summed E-state index contributed by atoms with van der Waals surface area (Å²) in [5, 5.41) is 3.24. The van der Waals surface area contributed by atoms with Crippen LogP contribution >= 0.6 is 0 Å². The third-order valence-corrected chi connectivity index (χ3v) is 5.56. The smallest absolute Gasteiger partial charge is 0.263 e. The molecule has 0 bridgehead atoms. The predicted octanol–water partition coefficient (Wildman–Crippen LogP) is 4.25. The zero-order valence-electron chi connectivity index (χ0n) is 15.0. The van der Waals surface area contributed by atoms with Crippen LogP contribution < -0.4 is 10.0 Å². The number of pyridine rings is 1. The average Bonchev–Trinajstić information content (AvgIpc) is 2.62. The summed E-state index contributed by atoms with van der Waals surface area (Å²) in [6, 6.07) is 15.0. The maximum absolute atomic E-state index is 13.2. The molecule has 3 aromatic rings. The van der Waals surface area contributed by atoms with Gasteiger partial charge in [-0.15, -0.1) is 0 Å². The van der Waals surface area contributed by atoms with Crippen LogP contribution in [0.3, 0.4) is 0 Å². The molecular formula is C20H20FN3O2S. The third-order valence-electron chi connectivity index (χ3n) is 4.05. The highest BCUT2D eigenvalue weighted by Crippen LogP contribution is 2.20. The number of nitrogens with zero attached hydrogens (tertiary/aromatic N) is 1. The summed E-state index contributed by atoms with van der Waals surface area (Å²) in [5.74, 6) is -0.284. The monoisotopic (exact) mass is 385 g/mol. The van der Waals surface area contributed by atoms with Gasteiger partial charge in [0.2, 0.25) is 0 Å². The molecule has 0 spiro atoms. The predicted molar refractivity (Wildman–Crippen MR) is 105 cm³/mol. The van der Waals surface area contributed by atoms with Crippen molar-refractivity contribution < 1.29 is 12.8 Å². The molecule has 0 aliphatic carbocycles. The lowest BCUT2D eigenvalue weighted by Crippen LogP contribution is -2.15. The first kappa shape index (κ1) is 18.8. The molecule has 0 saturated heterocycles. The molecule has 0 atom stereocenters. The minimum Gasteiger partial charge on any atom is -0.380 e. The van der Waals surface area contributed by atoms with Crippen molar-refractivity contribution in [1.82, 2.24) is 4.98 Å². The average molecular weight is 385 g/mol. The second-order valence-electron chi connectivity index (χ2n) is 6.29. The fourth-order valence-corrected chi connectivity index (χ4v) is 3.81. The zero-order chi connectivity index (χ0) is 19.4. The van der Waals surface area contributed by atoms with Gasteiger partial charge < -0.3 is 5.32 Å². The van der Waals surface area contributed by atoms with Crippen LogP contribution in [0.2, 0.25) is 0 Å². The molecule has 0 radical (unpaired) electrons. The molecule has 140 valence electrons. The summed E-state index contributed by atoms with van der Waals surface area (Å²) in [4.78, 5) is 4.16. The van der Waals surface area contributed by atoms with Gasteiger partial charge in [-0.05, 0) is 55.3 Å². The van der Waals surface area contributed by atoms with Gasteiger partial charge in [0.1, 0.15) is 11.6 Å². The van der Waals surface area contributed by atoms with Crippen LogP contribution in [-0.4, -0.2) is 13.4 Å². The highest BCUT2D eigenvalue weighted by Gasteiger charge is 2.17. The lowest BCUT2D eigenvalue weighted by atomic mass is 10.1. The van der Waals surface area contributed by atoms with Crippen molar-refractivity contribution in [2.24, 2.45) is 0 Å². The highest BCUT2D eigenvalue weighted by atomic mass is 32.2. The standard InChI is InChI=1S/C20H20FN3O2S/c1-14-3-5-16(6-4-14)12-22-18-8-10-20(23-13-18)24-27(25,26)19-9-7-17(21)11-15(19)2/h3-11,13,22H,12H2,1-2H3,(H,23,24). The molecule has 2 aromatic carbocycles. The van der Waals surface area contributed by atoms with Crippen molar-refractivity contribution in [3.05, 3.63) is 83.3 Å². The van der Waals surface area contributed by atoms with Crippen LogP contribution in [0.5, 0.6) is 0 Å². The molecule has 0 saturated carbocycles. The van der Waals surface area contributed by atoms with E-state index in [1.807, 2.05) is 31.2 Å². The Morgan fingerprint density at radius 1 is 1.00 bits per heavy atom. The first-order valence-electron chi connectivity index (χ1n) is 8.38. The fraction of sp³-hybridized carbons (Fsp3) is 0.150. The minimum absolute atomic E-state index is 0.0206. The van der Waals surface area contributed by atoms with Crippen molar-refractivity contribution in [1.29, 1.82) is 0 Å². The highest BCUT2D eigenvalue weighted by molar-refractivity contribution is 7.92. The molecule has 27 heavy (non-hydrogen) atoms. The molecule has 0 aliphatic rings. The molecule has 0 unspecified atom stereocenters. The van der Waals surface area contributed by atoms with Crippen molar-refractivity contribution in [3.8, 4) is 0 Å². The fourth-order valence-electron chi connectivity index (χ4n) is 2.58. The molecule has 5 nitrogen and oxygen atoms in total. The van der Waals surface area contributed by atoms with Crippen LogP contribution in [0.4, 0.5) is 15.9 Å². The normalized spacial score (nSPS) is 11.2. The molecule has 1 aromatic heterocycles. The molecule has 0 fully saturated rings. The van der Waals surface area contributed by atoms with E-state index in [9.17, 15) is 12.8 Å². The van der Waals surface area contributed by atoms with Crippen molar-refractivity contribution >= 4 is 21.5 Å². The van der Waals surface area contributed by atoms with E-state index in [0.717, 1.165) is 17.3 Å². The largest absolute Gasteiger partial charge is 0.380 e. The molecule has 0 aliphatic heterocycles. The Bertz CT molecular complexity index is 1030. The van der Waals surface area contributed by atoms with Gasteiger partial charge in [-0.25, -0.2) is 17.8 Å². The molecule has 1 heterocycles. The van der Waals surface area contributed by atoms with E-state index in [1.165, 1.54) is 17.7 Å². The van der Waals surface area contributed by atoms with Crippen LogP contribution in [-0.2, 0) is 16.6 Å². The Labute approximate surface area is 158 Å². The van der Waals surface area contributed by atoms with Crippen molar-refractivity contribution in [2.75, 3.05) is 10.0 Å². The summed E-state index contributed by atoms with van der Waals surface area (Å²) in [5.41, 5.74) is 3.45. The van der Waals surface area contributed by atoms with Crippen LogP contribution in [0.1, 0.15) is 16.7 Å². The summed E-state index contributed by atoms with van der Waals surface area (Å²) < 4.78 is 40.5. The van der Waals surface area contributed by atoms with E-state index in [1.54, 1.807) is 25.3 Å². The van der Waals surface area contributed by atoms with E-state index < -0.39 is 15.8 Å². The second kappa shape index (κ2) is 7.75. The first-order valence-corrected chi connectivity index (χ1v) is 9.86. The molecule has 2 N–H and O–H groups in total. The number of aryl methyl sites for hydroxylation is 2. The van der Waals surface area contributed by atoms with Gasteiger partial charge in [0.25, 0.3) is 10.0 Å². The van der Waals surface area contributed by atoms with Gasteiger partial charge in [0.15, 0.2) is 0 Å². The van der Waals surface area contributed by atoms with Crippen LogP contribution in [0, 0.1) is 19.7 Å².